The van der Waals surface area contributed by atoms with Gasteiger partial charge < -0.3 is 20.1 Å². The third-order valence-corrected chi connectivity index (χ3v) is 11.0. The van der Waals surface area contributed by atoms with Gasteiger partial charge in [-0.05, 0) is 61.6 Å². The van der Waals surface area contributed by atoms with E-state index < -0.39 is 42.1 Å². The molecule has 1 saturated carbocycles. The van der Waals surface area contributed by atoms with Crippen LogP contribution in [0.5, 0.6) is 0 Å². The van der Waals surface area contributed by atoms with E-state index in [-0.39, 0.29) is 40.3 Å². The molecule has 6 nitrogen and oxygen atoms in total. The van der Waals surface area contributed by atoms with Crippen LogP contribution in [0.3, 0.4) is 0 Å². The number of carbonyl (C=O) groups is 1. The van der Waals surface area contributed by atoms with Crippen molar-refractivity contribution in [3.8, 4) is 0 Å². The summed E-state index contributed by atoms with van der Waals surface area (Å²) in [4.78, 5) is 19.6. The van der Waals surface area contributed by atoms with Gasteiger partial charge in [-0.15, -0.1) is 0 Å². The molecule has 0 aliphatic heterocycles. The molecular weight excluding hydrogens is 563 g/mol. The highest BCUT2D eigenvalue weighted by atomic mass is 32.2. The minimum absolute atomic E-state index is 0.0143. The molecule has 0 radical (unpaired) electrons. The summed E-state index contributed by atoms with van der Waals surface area (Å²) in [5.41, 5.74) is 0.199. The van der Waals surface area contributed by atoms with Gasteiger partial charge in [-0.3, -0.25) is 4.79 Å². The van der Waals surface area contributed by atoms with Crippen molar-refractivity contribution < 1.29 is 28.2 Å². The Balaban J connectivity index is 1.68. The average molecular weight is 606 g/mol. The van der Waals surface area contributed by atoms with Crippen molar-refractivity contribution in [3.63, 3.8) is 0 Å². The van der Waals surface area contributed by atoms with Crippen LogP contribution in [0.4, 0.5) is 13.2 Å². The van der Waals surface area contributed by atoms with Crippen molar-refractivity contribution >= 4 is 21.8 Å². The van der Waals surface area contributed by atoms with Crippen molar-refractivity contribution in [3.05, 3.63) is 70.3 Å². The molecule has 1 aromatic carbocycles. The van der Waals surface area contributed by atoms with E-state index in [1.54, 1.807) is 24.5 Å². The number of alkyl halides is 3. The fourth-order valence-corrected chi connectivity index (χ4v) is 7.57. The average Bonchev–Trinajstić information content (AvgIpc) is 3.27. The van der Waals surface area contributed by atoms with Gasteiger partial charge in [0.25, 0.3) is 5.91 Å². The molecule has 0 saturated heterocycles. The van der Waals surface area contributed by atoms with E-state index in [9.17, 15) is 28.2 Å². The summed E-state index contributed by atoms with van der Waals surface area (Å²) in [5, 5.41) is 25.0. The number of rotatable bonds is 10. The molecule has 4 rings (SSSR count). The summed E-state index contributed by atoms with van der Waals surface area (Å²) in [6.45, 7) is 8.64. The Bertz CT molecular complexity index is 1390. The third-order valence-electron chi connectivity index (χ3n) is 8.91. The molecule has 1 heterocycles. The predicted molar refractivity (Wildman–Crippen MR) is 162 cm³/mol. The Hall–Kier alpha value is -2.69. The summed E-state index contributed by atoms with van der Waals surface area (Å²) in [7, 11) is 0.0305. The molecule has 0 bridgehead atoms. The molecule has 2 aliphatic carbocycles. The lowest BCUT2D eigenvalue weighted by Crippen LogP contribution is -2.37. The fraction of sp³-hybridized carbons (Fsp3) is 0.531. The van der Waals surface area contributed by atoms with Gasteiger partial charge in [0.2, 0.25) is 0 Å². The Morgan fingerprint density at radius 1 is 1.26 bits per heavy atom. The van der Waals surface area contributed by atoms with Gasteiger partial charge in [-0.25, -0.2) is 4.98 Å². The molecule has 1 amide bonds. The first-order valence-electron chi connectivity index (χ1n) is 14.6. The van der Waals surface area contributed by atoms with Crippen LogP contribution in [0.25, 0.3) is 0 Å². The van der Waals surface area contributed by atoms with Gasteiger partial charge in [-0.1, -0.05) is 56.8 Å². The van der Waals surface area contributed by atoms with Crippen molar-refractivity contribution in [2.45, 2.75) is 83.0 Å². The van der Waals surface area contributed by atoms with Crippen LogP contribution in [-0.2, 0) is 12.0 Å². The van der Waals surface area contributed by atoms with Gasteiger partial charge in [0, 0.05) is 34.0 Å². The zero-order chi connectivity index (χ0) is 30.8. The number of nitrogens with one attached hydrogen (secondary N) is 1. The molecule has 10 heteroatoms. The zero-order valence-electron chi connectivity index (χ0n) is 25.0. The molecule has 42 heavy (non-hydrogen) atoms. The second-order valence-electron chi connectivity index (χ2n) is 11.5. The van der Waals surface area contributed by atoms with E-state index in [0.717, 1.165) is 30.6 Å². The number of aromatic nitrogens is 2. The highest BCUT2D eigenvalue weighted by molar-refractivity contribution is 8.15. The first kappa shape index (κ1) is 32.2. The van der Waals surface area contributed by atoms with E-state index in [1.165, 1.54) is 11.0 Å². The number of amides is 1. The second-order valence-corrected chi connectivity index (χ2v) is 13.9. The zero-order valence-corrected chi connectivity index (χ0v) is 25.8. The largest absolute Gasteiger partial charge is 0.413 e. The second kappa shape index (κ2) is 12.9. The molecule has 3 unspecified atom stereocenters. The van der Waals surface area contributed by atoms with Crippen LogP contribution in [0.1, 0.15) is 80.6 Å². The number of nitrogens with zero attached hydrogens (tertiary/aromatic N) is 2. The molecule has 2 aromatic rings. The monoisotopic (exact) mass is 605 g/mol. The van der Waals surface area contributed by atoms with Crippen LogP contribution in [0, 0.1) is 18.8 Å². The number of allylic oxidation sites excluding steroid dienone is 2. The fourth-order valence-electron chi connectivity index (χ4n) is 6.15. The van der Waals surface area contributed by atoms with Gasteiger partial charge in [0.05, 0.1) is 19.3 Å². The first-order chi connectivity index (χ1) is 19.9. The highest BCUT2D eigenvalue weighted by Gasteiger charge is 2.45. The van der Waals surface area contributed by atoms with Crippen LogP contribution in [0.2, 0.25) is 0 Å². The van der Waals surface area contributed by atoms with Crippen LogP contribution in [-0.4, -0.2) is 56.2 Å². The lowest BCUT2D eigenvalue weighted by atomic mass is 9.69. The maximum atomic E-state index is 14.3. The van der Waals surface area contributed by atoms with Crippen molar-refractivity contribution in [2.75, 3.05) is 19.0 Å². The summed E-state index contributed by atoms with van der Waals surface area (Å²) < 4.78 is 44.6. The standard InChI is InChI=1S/C32H42F3N3O3S/c1-6-42(7-2)24-13-11-22(12-14-24)26(19-40)36-29(41)28-21(4)38(30(37-28)31(5)15-8-16-31)17-25-20(3)9-10-23(18-39)27(25)32(33,34)35/h6,9-14,20,25-26,39-40H,7-8,15-19H2,1-5H3,(H,36,41)/t20?,25?,26-,42?/m0/s1. The smallest absolute Gasteiger partial charge is 0.394 e. The van der Waals surface area contributed by atoms with E-state index in [1.807, 2.05) is 38.1 Å². The van der Waals surface area contributed by atoms with Gasteiger partial charge in [0.15, 0.2) is 0 Å². The van der Waals surface area contributed by atoms with Crippen LogP contribution in [0.15, 0.2) is 52.5 Å². The van der Waals surface area contributed by atoms with E-state index in [0.29, 0.717) is 11.5 Å². The van der Waals surface area contributed by atoms with E-state index >= 15 is 0 Å². The normalized spacial score (nSPS) is 21.8. The first-order valence-corrected chi connectivity index (χ1v) is 16.0. The van der Waals surface area contributed by atoms with Gasteiger partial charge in [-0.2, -0.15) is 23.7 Å². The Morgan fingerprint density at radius 2 is 1.93 bits per heavy atom. The lowest BCUT2D eigenvalue weighted by molar-refractivity contribution is -0.103. The van der Waals surface area contributed by atoms with Crippen LogP contribution < -0.4 is 5.32 Å². The maximum absolute atomic E-state index is 14.3. The summed E-state index contributed by atoms with van der Waals surface area (Å²) in [6, 6.07) is 7.17. The number of halogens is 3. The Labute approximate surface area is 248 Å². The number of aliphatic hydroxyl groups excluding tert-OH is 2. The lowest BCUT2D eigenvalue weighted by Gasteiger charge is -2.39. The van der Waals surface area contributed by atoms with Gasteiger partial charge >= 0.3 is 6.18 Å². The van der Waals surface area contributed by atoms with E-state index in [4.69, 9.17) is 4.98 Å². The minimum atomic E-state index is -4.60. The summed E-state index contributed by atoms with van der Waals surface area (Å²) >= 11 is 0. The Kier molecular flexibility index (Phi) is 9.89. The SMILES string of the molecule is C/C=S(/CC)c1ccc([C@H](CO)NC(=O)c2nc(C3(C)CCC3)n(CC3C(C(F)(F)F)=C(CO)C=CC3C)c2C)cc1. The molecule has 2 aliphatic rings. The molecule has 0 spiro atoms. The number of benzene rings is 1. The topological polar surface area (TPSA) is 87.4 Å². The van der Waals surface area contributed by atoms with Crippen molar-refractivity contribution in [2.24, 2.45) is 11.8 Å². The number of hydrogen-bond donors (Lipinski definition) is 3. The minimum Gasteiger partial charge on any atom is -0.394 e. The third kappa shape index (κ3) is 6.31. The van der Waals surface area contributed by atoms with E-state index in [2.05, 4.69) is 17.6 Å². The quantitative estimate of drug-likeness (QED) is 0.280. The number of hydrogen-bond acceptors (Lipinski definition) is 4. The number of imidazole rings is 1. The molecule has 230 valence electrons. The molecular formula is C32H42F3N3O3S. The summed E-state index contributed by atoms with van der Waals surface area (Å²) in [5.74, 6) is -0.250. The molecule has 1 aromatic heterocycles. The highest BCUT2D eigenvalue weighted by Crippen LogP contribution is 2.46. The van der Waals surface area contributed by atoms with Gasteiger partial charge in [0.1, 0.15) is 11.5 Å². The number of aliphatic hydroxyl groups is 2. The Morgan fingerprint density at radius 3 is 2.43 bits per heavy atom. The van der Waals surface area contributed by atoms with Crippen LogP contribution >= 0.6 is 10.5 Å². The van der Waals surface area contributed by atoms with Crippen molar-refractivity contribution in [1.82, 2.24) is 14.9 Å². The molecule has 1 fully saturated rings. The molecule has 4 atom stereocenters. The predicted octanol–water partition coefficient (Wildman–Crippen LogP) is 6.24. The summed E-state index contributed by atoms with van der Waals surface area (Å²) in [6.07, 6.45) is 1.10. The number of carbonyl (C=O) groups excluding carboxylic acids is 1. The maximum Gasteiger partial charge on any atom is 0.413 e. The molecule has 3 N–H and O–H groups in total. The van der Waals surface area contributed by atoms with Crippen molar-refractivity contribution in [1.29, 1.82) is 0 Å².